The molecule has 0 atom stereocenters. The molecule has 1 aliphatic rings. The molecule has 3 aromatic rings. The lowest BCUT2D eigenvalue weighted by molar-refractivity contribution is -0.384. The topological polar surface area (TPSA) is 172 Å². The summed E-state index contributed by atoms with van der Waals surface area (Å²) in [5.74, 6) is -0.742. The number of sulfonamides is 1. The molecule has 0 unspecified atom stereocenters. The van der Waals surface area contributed by atoms with Crippen molar-refractivity contribution in [3.63, 3.8) is 0 Å². The summed E-state index contributed by atoms with van der Waals surface area (Å²) in [5, 5.41) is 27.5. The first kappa shape index (κ1) is 26.9. The van der Waals surface area contributed by atoms with Gasteiger partial charge in [0, 0.05) is 31.4 Å². The molecule has 0 radical (unpaired) electrons. The highest BCUT2D eigenvalue weighted by atomic mass is 35.5. The van der Waals surface area contributed by atoms with Gasteiger partial charge in [-0.05, 0) is 42.5 Å². The van der Waals surface area contributed by atoms with E-state index in [1.54, 1.807) is 12.1 Å². The number of likely N-dealkylation sites (tertiary alicyclic amines) is 1. The number of nitrogens with one attached hydrogen (secondary N) is 1. The van der Waals surface area contributed by atoms with Crippen LogP contribution in [-0.4, -0.2) is 42.2 Å². The third kappa shape index (κ3) is 5.57. The lowest BCUT2D eigenvalue weighted by atomic mass is 9.89. The van der Waals surface area contributed by atoms with Crippen LogP contribution in [0.3, 0.4) is 0 Å². The van der Waals surface area contributed by atoms with E-state index in [1.807, 2.05) is 6.07 Å². The maximum absolute atomic E-state index is 13.5. The van der Waals surface area contributed by atoms with Gasteiger partial charge in [-0.15, -0.1) is 0 Å². The van der Waals surface area contributed by atoms with Crippen LogP contribution in [-0.2, 0) is 10.0 Å². The number of aromatic nitrogens is 1. The van der Waals surface area contributed by atoms with Gasteiger partial charge in [-0.3, -0.25) is 14.9 Å². The Balaban J connectivity index is 1.69. The van der Waals surface area contributed by atoms with Gasteiger partial charge in [-0.25, -0.2) is 22.9 Å². The van der Waals surface area contributed by atoms with Crippen LogP contribution in [0.5, 0.6) is 0 Å². The number of nitro groups is 1. The Morgan fingerprint density at radius 1 is 1.24 bits per heavy atom. The average Bonchev–Trinajstić information content (AvgIpc) is 2.89. The predicted molar refractivity (Wildman–Crippen MR) is 136 cm³/mol. The molecule has 1 aromatic heterocycles. The number of piperidine rings is 1. The van der Waals surface area contributed by atoms with Crippen molar-refractivity contribution in [2.45, 2.75) is 23.8 Å². The predicted octanol–water partition coefficient (Wildman–Crippen LogP) is 4.06. The van der Waals surface area contributed by atoms with Crippen molar-refractivity contribution in [1.82, 2.24) is 9.88 Å². The molecule has 3 N–H and O–H groups in total. The number of non-ortho nitro benzene ring substituents is 1. The number of hydrogen-bond acceptors (Lipinski definition) is 8. The molecule has 0 aliphatic carbocycles. The Hall–Kier alpha value is -4.12. The van der Waals surface area contributed by atoms with E-state index >= 15 is 0 Å². The molecule has 0 bridgehead atoms. The fourth-order valence-corrected chi connectivity index (χ4v) is 5.33. The van der Waals surface area contributed by atoms with Crippen LogP contribution < -0.4 is 10.5 Å². The van der Waals surface area contributed by atoms with Crippen LogP contribution in [0, 0.1) is 27.3 Å². The normalized spacial score (nSPS) is 14.1. The highest BCUT2D eigenvalue weighted by molar-refractivity contribution is 7.89. The van der Waals surface area contributed by atoms with E-state index in [1.165, 1.54) is 23.1 Å². The van der Waals surface area contributed by atoms with Crippen molar-refractivity contribution in [2.24, 2.45) is 5.14 Å². The van der Waals surface area contributed by atoms with Crippen LogP contribution >= 0.6 is 11.6 Å². The highest BCUT2D eigenvalue weighted by Gasteiger charge is 2.30. The number of nitrogens with two attached hydrogens (primary N) is 1. The molecule has 14 heteroatoms. The van der Waals surface area contributed by atoms with Crippen LogP contribution in [0.25, 0.3) is 0 Å². The van der Waals surface area contributed by atoms with Gasteiger partial charge in [-0.2, -0.15) is 5.26 Å². The van der Waals surface area contributed by atoms with Crippen molar-refractivity contribution in [3.8, 4) is 6.07 Å². The fourth-order valence-electron chi connectivity index (χ4n) is 4.25. The molecule has 1 aliphatic heterocycles. The number of nitriles is 1. The average molecular weight is 559 g/mol. The van der Waals surface area contributed by atoms with Gasteiger partial charge in [0.05, 0.1) is 27.4 Å². The summed E-state index contributed by atoms with van der Waals surface area (Å²) in [6.07, 6.45) is 2.20. The summed E-state index contributed by atoms with van der Waals surface area (Å²) < 4.78 is 37.4. The van der Waals surface area contributed by atoms with Gasteiger partial charge < -0.3 is 10.2 Å². The smallest absolute Gasteiger partial charge is 0.271 e. The molecule has 4 rings (SSSR count). The molecule has 196 valence electrons. The number of primary sulfonamides is 1. The first-order valence-corrected chi connectivity index (χ1v) is 13.1. The minimum Gasteiger partial charge on any atom is -0.352 e. The molecule has 0 saturated carbocycles. The summed E-state index contributed by atoms with van der Waals surface area (Å²) in [5.41, 5.74) is 0.196. The molecule has 1 amide bonds. The number of amides is 1. The van der Waals surface area contributed by atoms with E-state index in [4.69, 9.17) is 16.7 Å². The molecule has 11 nitrogen and oxygen atoms in total. The Labute approximate surface area is 221 Å². The van der Waals surface area contributed by atoms with Gasteiger partial charge >= 0.3 is 0 Å². The van der Waals surface area contributed by atoms with Gasteiger partial charge in [0.15, 0.2) is 5.03 Å². The zero-order valence-electron chi connectivity index (χ0n) is 19.6. The highest BCUT2D eigenvalue weighted by Crippen LogP contribution is 2.36. The Bertz CT molecular complexity index is 1570. The summed E-state index contributed by atoms with van der Waals surface area (Å²) in [6, 6.07) is 11.5. The van der Waals surface area contributed by atoms with Crippen LogP contribution in [0.4, 0.5) is 21.5 Å². The third-order valence-corrected chi connectivity index (χ3v) is 7.53. The molecular formula is C24H20ClFN6O5S. The number of halogens is 2. The largest absolute Gasteiger partial charge is 0.352 e. The second-order valence-electron chi connectivity index (χ2n) is 8.55. The lowest BCUT2D eigenvalue weighted by Crippen LogP contribution is -2.38. The fraction of sp³-hybridized carbons (Fsp3) is 0.208. The number of carbonyl (C=O) groups excluding carboxylic acids is 1. The number of nitro benzene ring substituents is 1. The van der Waals surface area contributed by atoms with Gasteiger partial charge in [0.25, 0.3) is 21.6 Å². The number of benzene rings is 2. The second-order valence-corrected chi connectivity index (χ2v) is 10.4. The minimum absolute atomic E-state index is 0.0147. The summed E-state index contributed by atoms with van der Waals surface area (Å²) in [6.45, 7) is 0.685. The SMILES string of the molecule is N#Cc1ccc([N+](=O)[O-])cc1Nc1c(C(=O)N2CCC(c3ccc(F)cc3)CC2)cnc(S(N)(=O)=O)c1Cl. The van der Waals surface area contributed by atoms with E-state index in [2.05, 4.69) is 10.3 Å². The van der Waals surface area contributed by atoms with Crippen molar-refractivity contribution in [1.29, 1.82) is 5.26 Å². The maximum Gasteiger partial charge on any atom is 0.271 e. The summed E-state index contributed by atoms with van der Waals surface area (Å²) in [7, 11) is -4.40. The standard InChI is InChI=1S/C24H20ClFN6O5S/c25-21-22(30-20-11-18(32(34)35)6-3-16(20)12-27)19(13-29-23(21)38(28,36)37)24(33)31-9-7-15(8-10-31)14-1-4-17(26)5-2-14/h1-6,11,13,15H,7-10H2,(H,29,30)(H2,28,36,37). The molecule has 0 spiro atoms. The Morgan fingerprint density at radius 2 is 1.89 bits per heavy atom. The van der Waals surface area contributed by atoms with Crippen LogP contribution in [0.2, 0.25) is 5.02 Å². The zero-order chi connectivity index (χ0) is 27.6. The van der Waals surface area contributed by atoms with Gasteiger partial charge in [0.2, 0.25) is 0 Å². The molecule has 1 saturated heterocycles. The number of rotatable bonds is 6. The second kappa shape index (κ2) is 10.7. The Morgan fingerprint density at radius 3 is 2.47 bits per heavy atom. The van der Waals surface area contributed by atoms with Crippen molar-refractivity contribution < 1.29 is 22.5 Å². The van der Waals surface area contributed by atoms with Gasteiger partial charge in [0.1, 0.15) is 16.9 Å². The monoisotopic (exact) mass is 558 g/mol. The summed E-state index contributed by atoms with van der Waals surface area (Å²) >= 11 is 6.34. The van der Waals surface area contributed by atoms with E-state index in [0.29, 0.717) is 25.9 Å². The van der Waals surface area contributed by atoms with E-state index < -0.39 is 30.9 Å². The van der Waals surface area contributed by atoms with Crippen LogP contribution in [0.15, 0.2) is 53.7 Å². The van der Waals surface area contributed by atoms with Crippen molar-refractivity contribution in [3.05, 3.63) is 86.3 Å². The maximum atomic E-state index is 13.5. The molecule has 2 aromatic carbocycles. The quantitative estimate of drug-likeness (QED) is 0.336. The molecule has 2 heterocycles. The number of carbonyl (C=O) groups is 1. The number of pyridine rings is 1. The van der Waals surface area contributed by atoms with Gasteiger partial charge in [-0.1, -0.05) is 23.7 Å². The first-order chi connectivity index (χ1) is 18.0. The zero-order valence-corrected chi connectivity index (χ0v) is 21.2. The Kier molecular flexibility index (Phi) is 7.58. The summed E-state index contributed by atoms with van der Waals surface area (Å²) in [4.78, 5) is 29.4. The van der Waals surface area contributed by atoms with Crippen molar-refractivity contribution in [2.75, 3.05) is 18.4 Å². The third-order valence-electron chi connectivity index (χ3n) is 6.21. The van der Waals surface area contributed by atoms with E-state index in [-0.39, 0.29) is 39.9 Å². The lowest BCUT2D eigenvalue weighted by Gasteiger charge is -2.32. The number of hydrogen-bond donors (Lipinski definition) is 2. The minimum atomic E-state index is -4.40. The molecule has 1 fully saturated rings. The molecule has 38 heavy (non-hydrogen) atoms. The number of anilines is 2. The molecular weight excluding hydrogens is 539 g/mol. The van der Waals surface area contributed by atoms with Crippen LogP contribution in [0.1, 0.15) is 40.2 Å². The van der Waals surface area contributed by atoms with Crippen molar-refractivity contribution >= 4 is 44.6 Å². The first-order valence-electron chi connectivity index (χ1n) is 11.2. The van der Waals surface area contributed by atoms with E-state index in [9.17, 15) is 33.0 Å². The van der Waals surface area contributed by atoms with E-state index in [0.717, 1.165) is 23.9 Å². The number of nitrogens with zero attached hydrogens (tertiary/aromatic N) is 4.